The summed E-state index contributed by atoms with van der Waals surface area (Å²) < 4.78 is 1.06. The predicted molar refractivity (Wildman–Crippen MR) is 71.3 cm³/mol. The van der Waals surface area contributed by atoms with Gasteiger partial charge in [0.2, 0.25) is 0 Å². The molecule has 1 fully saturated rings. The van der Waals surface area contributed by atoms with E-state index in [-0.39, 0.29) is 11.8 Å². The highest BCUT2D eigenvalue weighted by Gasteiger charge is 2.35. The molecule has 92 valence electrons. The minimum Gasteiger partial charge on any atom is -0.481 e. The van der Waals surface area contributed by atoms with Crippen LogP contribution in [0.3, 0.4) is 0 Å². The van der Waals surface area contributed by atoms with Crippen LogP contribution in [0.1, 0.15) is 19.8 Å². The zero-order valence-electron chi connectivity index (χ0n) is 9.82. The molecule has 0 amide bonds. The number of halogens is 1. The van der Waals surface area contributed by atoms with Crippen molar-refractivity contribution in [2.75, 3.05) is 18.0 Å². The monoisotopic (exact) mass is 297 g/mol. The van der Waals surface area contributed by atoms with Gasteiger partial charge in [0.1, 0.15) is 0 Å². The summed E-state index contributed by atoms with van der Waals surface area (Å²) in [5.74, 6) is -0.704. The topological polar surface area (TPSA) is 40.5 Å². The Hall–Kier alpha value is -1.03. The first kappa shape index (κ1) is 12.4. The number of carbonyl (C=O) groups is 1. The number of carboxylic acids is 1. The highest BCUT2D eigenvalue weighted by Crippen LogP contribution is 2.36. The number of aliphatic carboxylic acids is 1. The van der Waals surface area contributed by atoms with Crippen molar-refractivity contribution in [2.24, 2.45) is 5.41 Å². The first-order valence-electron chi connectivity index (χ1n) is 5.71. The molecular formula is C13H16BrNO2. The summed E-state index contributed by atoms with van der Waals surface area (Å²) in [5.41, 5.74) is 1.07. The standard InChI is InChI=1S/C13H16BrNO2/c1-13(8-12(16)17)6-7-15(9-13)11-4-2-10(14)3-5-11/h2-5H,6-9H2,1H3,(H,16,17). The second-order valence-electron chi connectivity index (χ2n) is 5.03. The molecule has 1 aliphatic heterocycles. The van der Waals surface area contributed by atoms with Crippen molar-refractivity contribution in [3.8, 4) is 0 Å². The summed E-state index contributed by atoms with van der Waals surface area (Å²) in [5, 5.41) is 8.91. The highest BCUT2D eigenvalue weighted by molar-refractivity contribution is 9.10. The fourth-order valence-corrected chi connectivity index (χ4v) is 2.67. The number of anilines is 1. The van der Waals surface area contributed by atoms with Crippen molar-refractivity contribution >= 4 is 27.6 Å². The lowest BCUT2D eigenvalue weighted by atomic mass is 9.86. The van der Waals surface area contributed by atoms with E-state index in [9.17, 15) is 4.79 Å². The van der Waals surface area contributed by atoms with Crippen LogP contribution in [0.25, 0.3) is 0 Å². The van der Waals surface area contributed by atoms with Crippen LogP contribution in [0.15, 0.2) is 28.7 Å². The van der Waals surface area contributed by atoms with Crippen LogP contribution in [0, 0.1) is 5.41 Å². The van der Waals surface area contributed by atoms with E-state index in [1.165, 1.54) is 5.69 Å². The summed E-state index contributed by atoms with van der Waals surface area (Å²) in [6.45, 7) is 3.81. The Morgan fingerprint density at radius 1 is 1.47 bits per heavy atom. The zero-order chi connectivity index (χ0) is 12.5. The lowest BCUT2D eigenvalue weighted by Gasteiger charge is -2.23. The van der Waals surface area contributed by atoms with Gasteiger partial charge in [0.25, 0.3) is 0 Å². The zero-order valence-corrected chi connectivity index (χ0v) is 11.4. The Labute approximate surface area is 110 Å². The number of hydrogen-bond acceptors (Lipinski definition) is 2. The fourth-order valence-electron chi connectivity index (χ4n) is 2.41. The molecule has 1 aromatic carbocycles. The molecule has 0 aliphatic carbocycles. The van der Waals surface area contributed by atoms with Crippen LogP contribution >= 0.6 is 15.9 Å². The fraction of sp³-hybridized carbons (Fsp3) is 0.462. The summed E-state index contributed by atoms with van der Waals surface area (Å²) in [6, 6.07) is 8.16. The maximum Gasteiger partial charge on any atom is 0.303 e. The van der Waals surface area contributed by atoms with E-state index in [2.05, 4.69) is 39.9 Å². The molecule has 1 aromatic rings. The molecule has 0 saturated carbocycles. The molecule has 1 aliphatic rings. The Morgan fingerprint density at radius 2 is 2.12 bits per heavy atom. The van der Waals surface area contributed by atoms with E-state index in [0.717, 1.165) is 24.0 Å². The lowest BCUT2D eigenvalue weighted by Crippen LogP contribution is -2.26. The van der Waals surface area contributed by atoms with Gasteiger partial charge in [-0.2, -0.15) is 0 Å². The Morgan fingerprint density at radius 3 is 2.71 bits per heavy atom. The minimum absolute atomic E-state index is 0.0983. The molecule has 1 unspecified atom stereocenters. The molecule has 0 bridgehead atoms. The maximum absolute atomic E-state index is 10.8. The van der Waals surface area contributed by atoms with Crippen molar-refractivity contribution in [1.82, 2.24) is 0 Å². The van der Waals surface area contributed by atoms with E-state index >= 15 is 0 Å². The number of hydrogen-bond donors (Lipinski definition) is 1. The van der Waals surface area contributed by atoms with Gasteiger partial charge < -0.3 is 10.0 Å². The highest BCUT2D eigenvalue weighted by atomic mass is 79.9. The lowest BCUT2D eigenvalue weighted by molar-refractivity contribution is -0.139. The van der Waals surface area contributed by atoms with Gasteiger partial charge in [0.05, 0.1) is 6.42 Å². The third-order valence-electron chi connectivity index (χ3n) is 3.33. The van der Waals surface area contributed by atoms with Crippen molar-refractivity contribution < 1.29 is 9.90 Å². The molecule has 3 nitrogen and oxygen atoms in total. The van der Waals surface area contributed by atoms with Crippen molar-refractivity contribution in [2.45, 2.75) is 19.8 Å². The average Bonchev–Trinajstić information content (AvgIpc) is 2.60. The van der Waals surface area contributed by atoms with Gasteiger partial charge in [-0.3, -0.25) is 4.79 Å². The van der Waals surface area contributed by atoms with E-state index in [4.69, 9.17) is 5.11 Å². The largest absolute Gasteiger partial charge is 0.481 e. The number of rotatable bonds is 3. The van der Waals surface area contributed by atoms with Gasteiger partial charge in [0, 0.05) is 23.2 Å². The van der Waals surface area contributed by atoms with Crippen molar-refractivity contribution in [3.63, 3.8) is 0 Å². The molecule has 1 N–H and O–H groups in total. The van der Waals surface area contributed by atoms with Crippen LogP contribution in [0.5, 0.6) is 0 Å². The molecule has 17 heavy (non-hydrogen) atoms. The average molecular weight is 298 g/mol. The van der Waals surface area contributed by atoms with E-state index in [1.807, 2.05) is 12.1 Å². The third kappa shape index (κ3) is 3.00. The second kappa shape index (κ2) is 4.69. The summed E-state index contributed by atoms with van der Waals surface area (Å²) in [4.78, 5) is 13.1. The van der Waals surface area contributed by atoms with Gasteiger partial charge >= 0.3 is 5.97 Å². The van der Waals surface area contributed by atoms with Gasteiger partial charge in [-0.1, -0.05) is 22.9 Å². The molecule has 0 radical (unpaired) electrons. The Kier molecular flexibility index (Phi) is 3.43. The first-order valence-corrected chi connectivity index (χ1v) is 6.50. The number of benzene rings is 1. The summed E-state index contributed by atoms with van der Waals surface area (Å²) in [6.07, 6.45) is 1.19. The quantitative estimate of drug-likeness (QED) is 0.932. The SMILES string of the molecule is CC1(CC(=O)O)CCN(c2ccc(Br)cc2)C1. The molecule has 1 atom stereocenters. The van der Waals surface area contributed by atoms with Crippen LogP contribution in [-0.2, 0) is 4.79 Å². The van der Waals surface area contributed by atoms with Gasteiger partial charge in [-0.25, -0.2) is 0 Å². The maximum atomic E-state index is 10.8. The molecule has 0 aromatic heterocycles. The normalized spacial score (nSPS) is 24.0. The van der Waals surface area contributed by atoms with Crippen LogP contribution in [0.2, 0.25) is 0 Å². The van der Waals surface area contributed by atoms with Gasteiger partial charge in [0.15, 0.2) is 0 Å². The van der Waals surface area contributed by atoms with Gasteiger partial charge in [-0.15, -0.1) is 0 Å². The minimum atomic E-state index is -0.704. The Balaban J connectivity index is 2.07. The summed E-state index contributed by atoms with van der Waals surface area (Å²) >= 11 is 3.41. The molecular weight excluding hydrogens is 282 g/mol. The second-order valence-corrected chi connectivity index (χ2v) is 5.94. The molecule has 2 rings (SSSR count). The van der Waals surface area contributed by atoms with Crippen molar-refractivity contribution in [1.29, 1.82) is 0 Å². The van der Waals surface area contributed by atoms with E-state index in [0.29, 0.717) is 0 Å². The number of carboxylic acid groups (broad SMARTS) is 1. The smallest absolute Gasteiger partial charge is 0.303 e. The molecule has 1 heterocycles. The Bertz CT molecular complexity index is 418. The number of nitrogens with zero attached hydrogens (tertiary/aromatic N) is 1. The van der Waals surface area contributed by atoms with E-state index < -0.39 is 5.97 Å². The van der Waals surface area contributed by atoms with Gasteiger partial charge in [-0.05, 0) is 36.1 Å². The predicted octanol–water partition coefficient (Wildman–Crippen LogP) is 3.14. The molecule has 0 spiro atoms. The molecule has 4 heteroatoms. The first-order chi connectivity index (χ1) is 7.98. The van der Waals surface area contributed by atoms with Crippen molar-refractivity contribution in [3.05, 3.63) is 28.7 Å². The van der Waals surface area contributed by atoms with E-state index in [1.54, 1.807) is 0 Å². The summed E-state index contributed by atoms with van der Waals surface area (Å²) in [7, 11) is 0. The van der Waals surface area contributed by atoms with Crippen LogP contribution in [0.4, 0.5) is 5.69 Å². The van der Waals surface area contributed by atoms with Crippen LogP contribution in [-0.4, -0.2) is 24.2 Å². The third-order valence-corrected chi connectivity index (χ3v) is 3.86. The van der Waals surface area contributed by atoms with Crippen LogP contribution < -0.4 is 4.90 Å². The molecule has 1 saturated heterocycles.